The summed E-state index contributed by atoms with van der Waals surface area (Å²) >= 11 is 0. The summed E-state index contributed by atoms with van der Waals surface area (Å²) in [5.74, 6) is 0.707. The second kappa shape index (κ2) is 7.02. The Hall–Kier alpha value is -3.11. The maximum absolute atomic E-state index is 12.5. The zero-order valence-corrected chi connectivity index (χ0v) is 14.0. The van der Waals surface area contributed by atoms with Gasteiger partial charge in [-0.2, -0.15) is 0 Å². The van der Waals surface area contributed by atoms with Crippen molar-refractivity contribution < 1.29 is 19.4 Å². The maximum atomic E-state index is 12.5. The number of benzene rings is 3. The highest BCUT2D eigenvalue weighted by Crippen LogP contribution is 2.37. The SMILES string of the molecule is O=C1c2ccc(OCc3ccccc3)cc2OC(c2ccccc2)C1O. The lowest BCUT2D eigenvalue weighted by molar-refractivity contribution is 0.0215. The lowest BCUT2D eigenvalue weighted by Crippen LogP contribution is -2.36. The molecule has 0 aromatic heterocycles. The smallest absolute Gasteiger partial charge is 0.199 e. The van der Waals surface area contributed by atoms with E-state index in [4.69, 9.17) is 9.47 Å². The van der Waals surface area contributed by atoms with Crippen LogP contribution < -0.4 is 9.47 Å². The van der Waals surface area contributed by atoms with Crippen LogP contribution in [0, 0.1) is 0 Å². The van der Waals surface area contributed by atoms with Crippen molar-refractivity contribution >= 4 is 5.78 Å². The maximum Gasteiger partial charge on any atom is 0.199 e. The van der Waals surface area contributed by atoms with Crippen LogP contribution in [0.15, 0.2) is 78.9 Å². The third-order valence-electron chi connectivity index (χ3n) is 4.40. The van der Waals surface area contributed by atoms with E-state index in [2.05, 4.69) is 0 Å². The van der Waals surface area contributed by atoms with Crippen molar-refractivity contribution in [2.24, 2.45) is 0 Å². The van der Waals surface area contributed by atoms with Gasteiger partial charge < -0.3 is 14.6 Å². The molecule has 130 valence electrons. The molecule has 2 atom stereocenters. The summed E-state index contributed by atoms with van der Waals surface area (Å²) in [6.07, 6.45) is -1.94. The Bertz CT molecular complexity index is 906. The molecule has 1 heterocycles. The summed E-state index contributed by atoms with van der Waals surface area (Å²) in [6.45, 7) is 0.429. The lowest BCUT2D eigenvalue weighted by atomic mass is 9.93. The molecule has 0 spiro atoms. The van der Waals surface area contributed by atoms with Crippen molar-refractivity contribution in [3.8, 4) is 11.5 Å². The molecular weight excluding hydrogens is 328 g/mol. The molecular formula is C22H18O4. The number of Topliss-reactive ketones (excluding diaryl/α,β-unsaturated/α-hetero) is 1. The molecule has 1 aliphatic heterocycles. The van der Waals surface area contributed by atoms with Crippen LogP contribution in [0.25, 0.3) is 0 Å². The molecule has 26 heavy (non-hydrogen) atoms. The summed E-state index contributed by atoms with van der Waals surface area (Å²) in [5.41, 5.74) is 2.19. The fourth-order valence-corrected chi connectivity index (χ4v) is 3.03. The molecule has 0 amide bonds. The average molecular weight is 346 g/mol. The van der Waals surface area contributed by atoms with E-state index in [0.717, 1.165) is 11.1 Å². The van der Waals surface area contributed by atoms with E-state index in [0.29, 0.717) is 23.7 Å². The highest BCUT2D eigenvalue weighted by atomic mass is 16.5. The van der Waals surface area contributed by atoms with Crippen molar-refractivity contribution in [1.82, 2.24) is 0 Å². The first-order valence-electron chi connectivity index (χ1n) is 8.47. The largest absolute Gasteiger partial charge is 0.489 e. The van der Waals surface area contributed by atoms with Crippen molar-refractivity contribution in [2.45, 2.75) is 18.8 Å². The number of aliphatic hydroxyl groups excluding tert-OH is 1. The molecule has 0 aliphatic carbocycles. The number of rotatable bonds is 4. The van der Waals surface area contributed by atoms with Crippen molar-refractivity contribution in [2.75, 3.05) is 0 Å². The fourth-order valence-electron chi connectivity index (χ4n) is 3.03. The summed E-state index contributed by atoms with van der Waals surface area (Å²) in [5, 5.41) is 10.4. The van der Waals surface area contributed by atoms with Crippen molar-refractivity contribution in [3.05, 3.63) is 95.6 Å². The molecule has 0 radical (unpaired) electrons. The van der Waals surface area contributed by atoms with Crippen LogP contribution in [0.1, 0.15) is 27.6 Å². The summed E-state index contributed by atoms with van der Waals surface area (Å²) in [6, 6.07) is 24.2. The molecule has 0 saturated heterocycles. The number of aliphatic hydroxyl groups is 1. The van der Waals surface area contributed by atoms with Crippen LogP contribution in [-0.2, 0) is 6.61 Å². The van der Waals surface area contributed by atoms with E-state index in [1.165, 1.54) is 0 Å². The third-order valence-corrected chi connectivity index (χ3v) is 4.40. The normalized spacial score (nSPS) is 18.7. The minimum Gasteiger partial charge on any atom is -0.489 e. The topological polar surface area (TPSA) is 55.8 Å². The van der Waals surface area contributed by atoms with Gasteiger partial charge in [0.05, 0.1) is 5.56 Å². The molecule has 3 aromatic rings. The number of carbonyl (C=O) groups excluding carboxylic acids is 1. The molecule has 1 N–H and O–H groups in total. The number of ketones is 1. The molecule has 1 aliphatic rings. The molecule has 0 saturated carbocycles. The average Bonchev–Trinajstić information content (AvgIpc) is 2.70. The molecule has 4 rings (SSSR count). The summed E-state index contributed by atoms with van der Waals surface area (Å²) in [7, 11) is 0. The number of hydrogen-bond donors (Lipinski definition) is 1. The van der Waals surface area contributed by atoms with E-state index in [9.17, 15) is 9.90 Å². The number of fused-ring (bicyclic) bond motifs is 1. The zero-order valence-electron chi connectivity index (χ0n) is 14.0. The van der Waals surface area contributed by atoms with E-state index >= 15 is 0 Å². The first kappa shape index (κ1) is 16.4. The van der Waals surface area contributed by atoms with Gasteiger partial charge in [-0.15, -0.1) is 0 Å². The van der Waals surface area contributed by atoms with E-state index in [-0.39, 0.29) is 5.78 Å². The quantitative estimate of drug-likeness (QED) is 0.777. The van der Waals surface area contributed by atoms with Crippen LogP contribution in [0.4, 0.5) is 0 Å². The molecule has 0 bridgehead atoms. The van der Waals surface area contributed by atoms with Gasteiger partial charge in [0.25, 0.3) is 0 Å². The second-order valence-electron chi connectivity index (χ2n) is 6.19. The van der Waals surface area contributed by atoms with Gasteiger partial charge in [0.2, 0.25) is 0 Å². The van der Waals surface area contributed by atoms with Crippen LogP contribution >= 0.6 is 0 Å². The zero-order chi connectivity index (χ0) is 17.9. The minimum absolute atomic E-state index is 0.338. The van der Waals surface area contributed by atoms with Gasteiger partial charge in [-0.3, -0.25) is 4.79 Å². The standard InChI is InChI=1S/C22H18O4/c23-20-18-12-11-17(25-14-15-7-3-1-4-8-15)13-19(18)26-22(21(20)24)16-9-5-2-6-10-16/h1-13,21-22,24H,14H2. The van der Waals surface area contributed by atoms with Gasteiger partial charge >= 0.3 is 0 Å². The van der Waals surface area contributed by atoms with Gasteiger partial charge in [-0.25, -0.2) is 0 Å². The predicted molar refractivity (Wildman–Crippen MR) is 97.4 cm³/mol. The van der Waals surface area contributed by atoms with E-state index in [1.54, 1.807) is 18.2 Å². The summed E-state index contributed by atoms with van der Waals surface area (Å²) < 4.78 is 11.7. The first-order valence-corrected chi connectivity index (χ1v) is 8.47. The van der Waals surface area contributed by atoms with Crippen LogP contribution in [-0.4, -0.2) is 17.0 Å². The second-order valence-corrected chi connectivity index (χ2v) is 6.19. The monoisotopic (exact) mass is 346 g/mol. The van der Waals surface area contributed by atoms with Crippen LogP contribution in [0.5, 0.6) is 11.5 Å². The Labute approximate surface area is 151 Å². The predicted octanol–water partition coefficient (Wildman–Crippen LogP) is 3.94. The van der Waals surface area contributed by atoms with Gasteiger partial charge in [0, 0.05) is 6.07 Å². The Morgan fingerprint density at radius 3 is 2.35 bits per heavy atom. The van der Waals surface area contributed by atoms with Crippen LogP contribution in [0.3, 0.4) is 0 Å². The van der Waals surface area contributed by atoms with Gasteiger partial charge in [-0.1, -0.05) is 60.7 Å². The van der Waals surface area contributed by atoms with E-state index < -0.39 is 12.2 Å². The molecule has 3 aromatic carbocycles. The van der Waals surface area contributed by atoms with E-state index in [1.807, 2.05) is 60.7 Å². The number of carbonyl (C=O) groups is 1. The third kappa shape index (κ3) is 3.19. The molecule has 0 fully saturated rings. The Morgan fingerprint density at radius 1 is 0.923 bits per heavy atom. The number of ether oxygens (including phenoxy) is 2. The molecule has 4 nitrogen and oxygen atoms in total. The van der Waals surface area contributed by atoms with Gasteiger partial charge in [0.1, 0.15) is 18.1 Å². The Balaban J connectivity index is 1.58. The highest BCUT2D eigenvalue weighted by Gasteiger charge is 2.36. The Morgan fingerprint density at radius 2 is 1.62 bits per heavy atom. The Kier molecular flexibility index (Phi) is 4.42. The first-order chi connectivity index (χ1) is 12.7. The highest BCUT2D eigenvalue weighted by molar-refractivity contribution is 6.03. The van der Waals surface area contributed by atoms with Crippen molar-refractivity contribution in [1.29, 1.82) is 0 Å². The number of hydrogen-bond acceptors (Lipinski definition) is 4. The van der Waals surface area contributed by atoms with Gasteiger partial charge in [0.15, 0.2) is 18.0 Å². The summed E-state index contributed by atoms with van der Waals surface area (Å²) in [4.78, 5) is 12.5. The van der Waals surface area contributed by atoms with Gasteiger partial charge in [-0.05, 0) is 23.3 Å². The lowest BCUT2D eigenvalue weighted by Gasteiger charge is -2.30. The fraction of sp³-hybridized carbons (Fsp3) is 0.136. The van der Waals surface area contributed by atoms with Crippen molar-refractivity contribution in [3.63, 3.8) is 0 Å². The molecule has 4 heteroatoms. The molecule has 2 unspecified atom stereocenters. The minimum atomic E-state index is -1.22. The van der Waals surface area contributed by atoms with Crippen LogP contribution in [0.2, 0.25) is 0 Å².